The van der Waals surface area contributed by atoms with Gasteiger partial charge in [-0.15, -0.1) is 0 Å². The zero-order valence-electron chi connectivity index (χ0n) is 89.4. The van der Waals surface area contributed by atoms with Crippen LogP contribution in [0, 0.1) is 17.8 Å². The van der Waals surface area contributed by atoms with Gasteiger partial charge < -0.3 is 110 Å². The fraction of sp³-hybridized carbons (Fsp3) is 1.00. The van der Waals surface area contributed by atoms with E-state index in [0.717, 1.165) is 6.42 Å². The first kappa shape index (κ1) is 141. The van der Waals surface area contributed by atoms with E-state index in [1.165, 1.54) is 0 Å². The van der Waals surface area contributed by atoms with Crippen LogP contribution in [0.25, 0.3) is 0 Å². The highest BCUT2D eigenvalue weighted by Gasteiger charge is 2.52. The lowest BCUT2D eigenvalue weighted by atomic mass is 9.85. The highest BCUT2D eigenvalue weighted by atomic mass is 32.7. The average Bonchev–Trinajstić information content (AvgIpc) is 1.66. The molecule has 7 aliphatic rings. The third-order valence-corrected chi connectivity index (χ3v) is 46.1. The lowest BCUT2D eigenvalue weighted by Crippen LogP contribution is -2.47. The third kappa shape index (κ3) is 49.5. The molecule has 14 radical (unpaired) electrons. The Morgan fingerprint density at radius 2 is 0.514 bits per heavy atom. The Hall–Kier alpha value is 2.75. The highest BCUT2D eigenvalue weighted by Crippen LogP contribution is 2.54. The normalized spacial score (nSPS) is 33.8. The van der Waals surface area contributed by atoms with E-state index in [-0.39, 0.29) is 168 Å². The Bertz CT molecular complexity index is 3440. The van der Waals surface area contributed by atoms with E-state index in [2.05, 4.69) is 47.9 Å². The zero-order valence-corrected chi connectivity index (χ0v) is 99.8. The summed E-state index contributed by atoms with van der Waals surface area (Å²) in [6, 6.07) is -7.11. The summed E-state index contributed by atoms with van der Waals surface area (Å²) >= 11 is 25.2. The van der Waals surface area contributed by atoms with E-state index in [4.69, 9.17) is 183 Å². The largest absolute Gasteiger partial charge is 0.382 e. The fourth-order valence-corrected chi connectivity index (χ4v) is 23.0. The topological polar surface area (TPSA) is 414 Å². The summed E-state index contributed by atoms with van der Waals surface area (Å²) in [4.78, 5) is 61.3. The van der Waals surface area contributed by atoms with Gasteiger partial charge in [0, 0.05) is 113 Å². The predicted molar refractivity (Wildman–Crippen MR) is 584 cm³/mol. The van der Waals surface area contributed by atoms with Crippen molar-refractivity contribution in [2.24, 2.45) is 17.8 Å². The van der Waals surface area contributed by atoms with Crippen LogP contribution in [0.5, 0.6) is 0 Å². The molecule has 7 rings (SSSR count). The number of alkyl halides is 2. The number of nitrogens with one attached hydrogen (secondary N) is 7. The maximum atomic E-state index is 14.0. The number of rotatable bonds is 49. The molecule has 140 heavy (non-hydrogen) atoms. The molecule has 0 aromatic carbocycles. The lowest BCUT2D eigenvalue weighted by molar-refractivity contribution is -0.0273. The molecule has 0 saturated carbocycles. The molecular formula is C86H177B7F2N7O26P7S5. The minimum Gasteiger partial charge on any atom is -0.382 e. The summed E-state index contributed by atoms with van der Waals surface area (Å²) in [6.07, 6.45) is -15.8. The van der Waals surface area contributed by atoms with Crippen molar-refractivity contribution >= 4 is 162 Å². The number of thiol groups is 1. The maximum Gasteiger partial charge on any atom is 0.270 e. The SMILES string of the molecule is [B][C@@H]1O[C@H](COC(C)C)C(NP(=O)(O)C(C)C)[C@@H]1C.[B][C@@H]1O[C@H](COC(C)C)C(NP(=O)(O)C(C)C)[C@@H]1OCCC.[B][C@@H]1O[C@H](COC(C)C)C(NP(=O)(S)C(C)C)[C@@H]1C.[B][C@@H]1O[C@H](COC(C)C)C(NP(O)(=S)C(C)C)[C@@H]1C.[B][C@@H]1O[C@H](COC(C)C)C(NP(O)(=S)C(C)C)[C@@H]1F.[B][C@@H]1O[C@H](COC(C)C)C(NP(O)(=S)C(C)C)[C@@H]1F.[B][C@@H]1O[C@H](COC(C)C)C(NP(O)(=S)C(C)C)[C@@H]1OCCOC. The molecule has 7 fully saturated rings. The predicted octanol–water partition coefficient (Wildman–Crippen LogP) is 10.8. The summed E-state index contributed by atoms with van der Waals surface area (Å²) in [5.74, 6) is 0.119. The quantitative estimate of drug-likeness (QED) is 0.0116. The molecule has 0 aliphatic carbocycles. The van der Waals surface area contributed by atoms with Gasteiger partial charge in [0.05, 0.1) is 181 Å². The summed E-state index contributed by atoms with van der Waals surface area (Å²) in [5.41, 5.74) is -1.09. The van der Waals surface area contributed by atoms with Gasteiger partial charge in [0.25, 0.3) is 15.0 Å². The Morgan fingerprint density at radius 1 is 0.307 bits per heavy atom. The number of hydrogen-bond acceptors (Lipinski definition) is 24. The van der Waals surface area contributed by atoms with Crippen molar-refractivity contribution in [3.05, 3.63) is 0 Å². The molecule has 812 valence electrons. The van der Waals surface area contributed by atoms with Crippen molar-refractivity contribution < 1.29 is 132 Å². The smallest absolute Gasteiger partial charge is 0.270 e. The van der Waals surface area contributed by atoms with E-state index < -0.39 is 144 Å². The second-order valence-corrected chi connectivity index (χ2v) is 66.6. The van der Waals surface area contributed by atoms with E-state index >= 15 is 0 Å². The zero-order chi connectivity index (χ0) is 108. The molecule has 13 N–H and O–H groups in total. The van der Waals surface area contributed by atoms with Crippen LogP contribution in [0.4, 0.5) is 8.78 Å². The molecule has 7 aliphatic heterocycles. The number of methoxy groups -OCH3 is 1. The minimum absolute atomic E-state index is 0.0152. The van der Waals surface area contributed by atoms with Crippen LogP contribution in [0.2, 0.25) is 0 Å². The van der Waals surface area contributed by atoms with E-state index in [1.807, 2.05) is 166 Å². The molecule has 0 amide bonds. The van der Waals surface area contributed by atoms with Gasteiger partial charge in [-0.1, -0.05) is 184 Å². The average molecular weight is 2220 g/mol. The number of hydrogen-bond donors (Lipinski definition) is 14. The van der Waals surface area contributed by atoms with Crippen molar-refractivity contribution in [3.63, 3.8) is 0 Å². The second-order valence-electron chi connectivity index (χ2n) is 40.4. The Morgan fingerprint density at radius 3 is 0.757 bits per heavy atom. The minimum atomic E-state index is -3.52. The number of halogens is 2. The summed E-state index contributed by atoms with van der Waals surface area (Å²) in [6.45, 7) is 61.5. The van der Waals surface area contributed by atoms with Gasteiger partial charge in [0.1, 0.15) is 92.9 Å². The van der Waals surface area contributed by atoms with Crippen molar-refractivity contribution in [1.29, 1.82) is 0 Å². The Labute approximate surface area is 876 Å². The molecule has 0 aromatic heterocycles. The summed E-state index contributed by atoms with van der Waals surface area (Å²) in [7, 11) is 35.6. The molecule has 0 spiro atoms. The summed E-state index contributed by atoms with van der Waals surface area (Å²) < 4.78 is 160. The molecule has 33 nitrogen and oxygen atoms in total. The molecule has 0 aromatic rings. The van der Waals surface area contributed by atoms with E-state index in [1.54, 1.807) is 62.5 Å². The molecule has 7 saturated heterocycles. The van der Waals surface area contributed by atoms with Crippen LogP contribution in [0.3, 0.4) is 0 Å². The van der Waals surface area contributed by atoms with Crippen LogP contribution in [0.15, 0.2) is 0 Å². The van der Waals surface area contributed by atoms with E-state index in [0.29, 0.717) is 52.9 Å². The third-order valence-electron chi connectivity index (χ3n) is 23.6. The molecule has 7 heterocycles. The van der Waals surface area contributed by atoms with Crippen molar-refractivity contribution in [2.45, 2.75) is 462 Å². The van der Waals surface area contributed by atoms with Crippen molar-refractivity contribution in [3.8, 4) is 0 Å². The van der Waals surface area contributed by atoms with Crippen molar-refractivity contribution in [2.75, 3.05) is 73.2 Å². The van der Waals surface area contributed by atoms with Crippen LogP contribution in [0.1, 0.15) is 228 Å². The van der Waals surface area contributed by atoms with Crippen molar-refractivity contribution in [1.82, 2.24) is 35.6 Å². The molecule has 54 heteroatoms. The van der Waals surface area contributed by atoms with Gasteiger partial charge in [0.2, 0.25) is 6.49 Å². The molecule has 35 atom stereocenters. The molecular weight excluding hydrogens is 2040 g/mol. The highest BCUT2D eigenvalue weighted by molar-refractivity contribution is 8.47. The first-order chi connectivity index (χ1) is 64.1. The lowest BCUT2D eigenvalue weighted by Gasteiger charge is -2.31. The maximum absolute atomic E-state index is 14.0. The van der Waals surface area contributed by atoms with Gasteiger partial charge >= 0.3 is 0 Å². The van der Waals surface area contributed by atoms with Gasteiger partial charge in [-0.2, -0.15) is 0 Å². The number of ether oxygens (including phenoxy) is 17. The molecule has 14 unspecified atom stereocenters. The second kappa shape index (κ2) is 66.3. The Balaban J connectivity index is 0.000000818. The van der Waals surface area contributed by atoms with Crippen LogP contribution < -0.4 is 35.6 Å². The van der Waals surface area contributed by atoms with Gasteiger partial charge in [-0.3, -0.25) is 39.1 Å². The first-order valence-electron chi connectivity index (χ1n) is 49.0. The molecule has 0 bridgehead atoms. The monoisotopic (exact) mass is 2220 g/mol. The van der Waals surface area contributed by atoms with Crippen LogP contribution in [-0.4, -0.2) is 391 Å². The van der Waals surface area contributed by atoms with E-state index in [9.17, 15) is 51.8 Å². The summed E-state index contributed by atoms with van der Waals surface area (Å²) in [5, 5.41) is 20.8. The van der Waals surface area contributed by atoms with Crippen LogP contribution >= 0.6 is 59.4 Å². The van der Waals surface area contributed by atoms with Gasteiger partial charge in [-0.05, 0) is 121 Å². The van der Waals surface area contributed by atoms with Gasteiger partial charge in [-0.25, -0.2) is 19.0 Å². The Kier molecular flexibility index (Phi) is 66.7. The van der Waals surface area contributed by atoms with Crippen LogP contribution in [-0.2, 0) is 141 Å². The standard InChI is InChI=1S/C14H29BNO5PS.C14H29BNO5P.C12H25BNO4P.2C12H25BNO3PS.2C11H22BFNO3PS/c1-9(2)20-8-11-12(16-22(17,23)10(3)4)13(14(15)21-11)19-7-6-18-5;1-6-7-19-13-12(16-22(17,18)10(4)5)11(21-14(13)15)8-20-9(2)3;1-7(2)17-6-10-11(9(5)12(13)18-10)14-19(15,16)8(3)4;2*1-7(2)16-6-10-11(9(5)12(13)17-10)14-18(15,19)8(3)4;2*1-6(2)16-5-8-10(9(13)11(12)17-8)14-18(15,19)7(3)4/h9-14H,6-8H2,1-5H3,(H2,16,17,23);9-14H,6-8H2,1-5H3,(H2,16,17,18);7-12H,6H2,1-5H3,(H2,14,15,16);2*7-12H,6H2,1-5H3,(H2,14,15,19);2*6-11H,5H2,1-4H3,(H2,14,15,19)/t11-,12?,13+,14-,22?;11-,12?,13+,14-;9-,10+,11?,12+;2*9-,10+,11?,12+,18?;2*8-,9+,10?,11-,18?/m1100011/s1. The van der Waals surface area contributed by atoms with Gasteiger partial charge in [0.15, 0.2) is 0 Å². The fourth-order valence-electron chi connectivity index (χ4n) is 13.7. The first-order valence-corrected chi connectivity index (χ1v) is 66.7.